The van der Waals surface area contributed by atoms with Crippen LogP contribution in [-0.2, 0) is 6.18 Å². The van der Waals surface area contributed by atoms with Crippen LogP contribution >= 0.6 is 0 Å². The predicted octanol–water partition coefficient (Wildman–Crippen LogP) is 3.61. The topological polar surface area (TPSA) is 25.2 Å². The van der Waals surface area contributed by atoms with Crippen molar-refractivity contribution in [3.05, 3.63) is 59.5 Å². The normalized spacial score (nSPS) is 13.6. The molecule has 0 saturated carbocycles. The summed E-state index contributed by atoms with van der Waals surface area (Å²) >= 11 is 0. The second-order valence-electron chi connectivity index (χ2n) is 3.82. The van der Waals surface area contributed by atoms with Gasteiger partial charge in [0.25, 0.3) is 0 Å². The van der Waals surface area contributed by atoms with Crippen LogP contribution in [0.5, 0.6) is 0 Å². The van der Waals surface area contributed by atoms with Gasteiger partial charge in [0.1, 0.15) is 5.76 Å². The van der Waals surface area contributed by atoms with E-state index in [1.165, 1.54) is 18.4 Å². The number of alkyl halides is 3. The molecule has 0 aliphatic carbocycles. The van der Waals surface area contributed by atoms with E-state index < -0.39 is 17.8 Å². The molecule has 1 aromatic heterocycles. The van der Waals surface area contributed by atoms with Crippen molar-refractivity contribution in [1.29, 1.82) is 0 Å². The van der Waals surface area contributed by atoms with E-state index in [1.54, 1.807) is 25.2 Å². The monoisotopic (exact) mass is 255 g/mol. The molecule has 18 heavy (non-hydrogen) atoms. The predicted molar refractivity (Wildman–Crippen MR) is 61.1 cm³/mol. The molecule has 0 fully saturated rings. The molecule has 0 saturated heterocycles. The number of nitrogens with one attached hydrogen (secondary N) is 1. The Hall–Kier alpha value is -1.75. The maximum Gasteiger partial charge on any atom is 0.416 e. The van der Waals surface area contributed by atoms with E-state index in [0.29, 0.717) is 5.76 Å². The molecular formula is C13H12F3NO. The first-order valence-electron chi connectivity index (χ1n) is 5.41. The number of rotatable bonds is 3. The lowest BCUT2D eigenvalue weighted by atomic mass is 9.98. The van der Waals surface area contributed by atoms with Crippen molar-refractivity contribution in [2.75, 3.05) is 7.05 Å². The van der Waals surface area contributed by atoms with Gasteiger partial charge in [0.05, 0.1) is 17.9 Å². The van der Waals surface area contributed by atoms with Crippen LogP contribution < -0.4 is 5.32 Å². The highest BCUT2D eigenvalue weighted by Crippen LogP contribution is 2.36. The summed E-state index contributed by atoms with van der Waals surface area (Å²) in [4.78, 5) is 0. The Morgan fingerprint density at radius 3 is 2.39 bits per heavy atom. The number of hydrogen-bond acceptors (Lipinski definition) is 2. The summed E-state index contributed by atoms with van der Waals surface area (Å²) in [7, 11) is 1.60. The SMILES string of the molecule is CNC(c1ccco1)c1ccccc1C(F)(F)F. The Morgan fingerprint density at radius 1 is 1.11 bits per heavy atom. The first-order chi connectivity index (χ1) is 8.54. The Bertz CT molecular complexity index is 505. The first-order valence-corrected chi connectivity index (χ1v) is 5.41. The third-order valence-electron chi connectivity index (χ3n) is 2.69. The molecule has 1 heterocycles. The van der Waals surface area contributed by atoms with Crippen LogP contribution in [0.4, 0.5) is 13.2 Å². The van der Waals surface area contributed by atoms with Crippen molar-refractivity contribution < 1.29 is 17.6 Å². The van der Waals surface area contributed by atoms with Gasteiger partial charge in [0, 0.05) is 0 Å². The molecule has 0 aliphatic heterocycles. The van der Waals surface area contributed by atoms with Crippen molar-refractivity contribution in [2.24, 2.45) is 0 Å². The molecule has 2 nitrogen and oxygen atoms in total. The van der Waals surface area contributed by atoms with Gasteiger partial charge in [-0.05, 0) is 30.8 Å². The second-order valence-corrected chi connectivity index (χ2v) is 3.82. The fourth-order valence-corrected chi connectivity index (χ4v) is 1.91. The van der Waals surface area contributed by atoms with Gasteiger partial charge in [-0.25, -0.2) is 0 Å². The summed E-state index contributed by atoms with van der Waals surface area (Å²) in [5, 5.41) is 2.84. The minimum absolute atomic E-state index is 0.155. The van der Waals surface area contributed by atoms with Crippen molar-refractivity contribution in [3.8, 4) is 0 Å². The minimum atomic E-state index is -4.38. The minimum Gasteiger partial charge on any atom is -0.467 e. The zero-order valence-electron chi connectivity index (χ0n) is 9.66. The standard InChI is InChI=1S/C13H12F3NO/c1-17-12(11-7-4-8-18-11)9-5-2-3-6-10(9)13(14,15)16/h2-8,12,17H,1H3. The zero-order chi connectivity index (χ0) is 13.2. The molecular weight excluding hydrogens is 243 g/mol. The van der Waals surface area contributed by atoms with Crippen LogP contribution in [0.2, 0.25) is 0 Å². The lowest BCUT2D eigenvalue weighted by Gasteiger charge is -2.19. The molecule has 5 heteroatoms. The number of hydrogen-bond donors (Lipinski definition) is 1. The van der Waals surface area contributed by atoms with E-state index in [9.17, 15) is 13.2 Å². The number of benzene rings is 1. The zero-order valence-corrected chi connectivity index (χ0v) is 9.66. The first kappa shape index (κ1) is 12.7. The Morgan fingerprint density at radius 2 is 1.83 bits per heavy atom. The van der Waals surface area contributed by atoms with E-state index in [4.69, 9.17) is 4.42 Å². The quantitative estimate of drug-likeness (QED) is 0.906. The summed E-state index contributed by atoms with van der Waals surface area (Å²) in [5.74, 6) is 0.453. The molecule has 1 unspecified atom stereocenters. The van der Waals surface area contributed by atoms with Crippen molar-refractivity contribution >= 4 is 0 Å². The Kier molecular flexibility index (Phi) is 3.43. The van der Waals surface area contributed by atoms with Gasteiger partial charge in [-0.2, -0.15) is 13.2 Å². The summed E-state index contributed by atoms with van der Waals surface area (Å²) in [6.07, 6.45) is -2.94. The average Bonchev–Trinajstić information content (AvgIpc) is 2.83. The Balaban J connectivity index is 2.50. The highest BCUT2D eigenvalue weighted by atomic mass is 19.4. The molecule has 0 aliphatic rings. The van der Waals surface area contributed by atoms with Crippen molar-refractivity contribution in [1.82, 2.24) is 5.32 Å². The lowest BCUT2D eigenvalue weighted by molar-refractivity contribution is -0.138. The van der Waals surface area contributed by atoms with Crippen LogP contribution in [0.1, 0.15) is 22.9 Å². The van der Waals surface area contributed by atoms with Crippen molar-refractivity contribution in [3.63, 3.8) is 0 Å². The van der Waals surface area contributed by atoms with Crippen LogP contribution in [0, 0.1) is 0 Å². The van der Waals surface area contributed by atoms with E-state index in [0.717, 1.165) is 6.07 Å². The Labute approximate surface area is 102 Å². The second kappa shape index (κ2) is 4.86. The molecule has 96 valence electrons. The molecule has 1 N–H and O–H groups in total. The third-order valence-corrected chi connectivity index (χ3v) is 2.69. The average molecular weight is 255 g/mol. The fraction of sp³-hybridized carbons (Fsp3) is 0.231. The van der Waals surface area contributed by atoms with Gasteiger partial charge in [-0.15, -0.1) is 0 Å². The van der Waals surface area contributed by atoms with Crippen LogP contribution in [0.3, 0.4) is 0 Å². The molecule has 2 aromatic rings. The van der Waals surface area contributed by atoms with Gasteiger partial charge in [-0.3, -0.25) is 0 Å². The highest BCUT2D eigenvalue weighted by molar-refractivity contribution is 5.36. The summed E-state index contributed by atoms with van der Waals surface area (Å²) < 4.78 is 44.0. The smallest absolute Gasteiger partial charge is 0.416 e. The molecule has 1 atom stereocenters. The van der Waals surface area contributed by atoms with E-state index in [1.807, 2.05) is 0 Å². The third kappa shape index (κ3) is 2.41. The van der Waals surface area contributed by atoms with Gasteiger partial charge in [0.15, 0.2) is 0 Å². The maximum absolute atomic E-state index is 12.9. The van der Waals surface area contributed by atoms with E-state index in [-0.39, 0.29) is 5.56 Å². The van der Waals surface area contributed by atoms with Gasteiger partial charge in [0.2, 0.25) is 0 Å². The molecule has 0 radical (unpaired) electrons. The van der Waals surface area contributed by atoms with Crippen molar-refractivity contribution in [2.45, 2.75) is 12.2 Å². The van der Waals surface area contributed by atoms with E-state index >= 15 is 0 Å². The van der Waals surface area contributed by atoms with Crippen LogP contribution in [-0.4, -0.2) is 7.05 Å². The largest absolute Gasteiger partial charge is 0.467 e. The summed E-state index contributed by atoms with van der Waals surface area (Å²) in [6, 6.07) is 8.16. The van der Waals surface area contributed by atoms with Gasteiger partial charge < -0.3 is 9.73 Å². The maximum atomic E-state index is 12.9. The number of furan rings is 1. The summed E-state index contributed by atoms with van der Waals surface area (Å²) in [5.41, 5.74) is -0.497. The molecule has 0 amide bonds. The lowest BCUT2D eigenvalue weighted by Crippen LogP contribution is -2.21. The highest BCUT2D eigenvalue weighted by Gasteiger charge is 2.35. The summed E-state index contributed by atoms with van der Waals surface area (Å²) in [6.45, 7) is 0. The molecule has 0 bridgehead atoms. The van der Waals surface area contributed by atoms with Crippen LogP contribution in [0.15, 0.2) is 47.1 Å². The van der Waals surface area contributed by atoms with Gasteiger partial charge in [-0.1, -0.05) is 18.2 Å². The van der Waals surface area contributed by atoms with E-state index in [2.05, 4.69) is 5.32 Å². The molecule has 2 rings (SSSR count). The number of halogens is 3. The molecule has 0 spiro atoms. The van der Waals surface area contributed by atoms with Gasteiger partial charge >= 0.3 is 6.18 Å². The fourth-order valence-electron chi connectivity index (χ4n) is 1.91. The van der Waals surface area contributed by atoms with Crippen LogP contribution in [0.25, 0.3) is 0 Å². The molecule has 1 aromatic carbocycles.